The smallest absolute Gasteiger partial charge is 0.227 e. The molecule has 1 unspecified atom stereocenters. The van der Waals surface area contributed by atoms with E-state index in [1.807, 2.05) is 54.3 Å². The van der Waals surface area contributed by atoms with Gasteiger partial charge in [-0.1, -0.05) is 30.3 Å². The number of carbonyl (C=O) groups excluding carboxylic acids is 1. The van der Waals surface area contributed by atoms with E-state index in [2.05, 4.69) is 4.98 Å². The zero-order valence-electron chi connectivity index (χ0n) is 15.1. The summed E-state index contributed by atoms with van der Waals surface area (Å²) in [5.74, 6) is 0.822. The largest absolute Gasteiger partial charge is 0.474 e. The quantitative estimate of drug-likeness (QED) is 0.849. The molecule has 2 saturated heterocycles. The second kappa shape index (κ2) is 7.08. The Morgan fingerprint density at radius 2 is 2.08 bits per heavy atom. The third-order valence-electron chi connectivity index (χ3n) is 5.29. The second-order valence-electron chi connectivity index (χ2n) is 7.29. The summed E-state index contributed by atoms with van der Waals surface area (Å²) in [5.41, 5.74) is 2.01. The van der Waals surface area contributed by atoms with E-state index >= 15 is 0 Å². The van der Waals surface area contributed by atoms with Crippen molar-refractivity contribution in [3.63, 3.8) is 0 Å². The van der Waals surface area contributed by atoms with Crippen LogP contribution >= 0.6 is 0 Å². The molecule has 26 heavy (non-hydrogen) atoms. The molecule has 2 aliphatic rings. The Morgan fingerprint density at radius 3 is 2.85 bits per heavy atom. The first-order valence-corrected chi connectivity index (χ1v) is 9.17. The summed E-state index contributed by atoms with van der Waals surface area (Å²) in [6.07, 6.45) is 3.94. The molecule has 1 amide bonds. The monoisotopic (exact) mass is 352 g/mol. The lowest BCUT2D eigenvalue weighted by Crippen LogP contribution is -2.67. The minimum atomic E-state index is -0.251. The molecule has 2 fully saturated rings. The average molecular weight is 352 g/mol. The summed E-state index contributed by atoms with van der Waals surface area (Å²) < 4.78 is 12.0. The van der Waals surface area contributed by atoms with Crippen molar-refractivity contribution < 1.29 is 14.3 Å². The maximum atomic E-state index is 12.6. The second-order valence-corrected chi connectivity index (χ2v) is 7.29. The van der Waals surface area contributed by atoms with E-state index in [1.54, 1.807) is 6.20 Å². The lowest BCUT2D eigenvalue weighted by molar-refractivity contribution is -0.193. The first-order chi connectivity index (χ1) is 12.6. The normalized spacial score (nSPS) is 21.3. The number of likely N-dealkylation sites (tertiary alicyclic amines) is 1. The minimum Gasteiger partial charge on any atom is -0.474 e. The summed E-state index contributed by atoms with van der Waals surface area (Å²) in [7, 11) is 0. The number of hydrogen-bond acceptors (Lipinski definition) is 4. The van der Waals surface area contributed by atoms with Gasteiger partial charge >= 0.3 is 0 Å². The molecule has 1 spiro atoms. The van der Waals surface area contributed by atoms with E-state index in [1.165, 1.54) is 0 Å². The number of benzene rings is 1. The van der Waals surface area contributed by atoms with Crippen molar-refractivity contribution >= 4 is 5.91 Å². The maximum Gasteiger partial charge on any atom is 0.227 e. The molecule has 0 saturated carbocycles. The fourth-order valence-corrected chi connectivity index (χ4v) is 3.80. The summed E-state index contributed by atoms with van der Waals surface area (Å²) in [6.45, 7) is 4.01. The number of aryl methyl sites for hydroxylation is 1. The van der Waals surface area contributed by atoms with Crippen molar-refractivity contribution in [3.8, 4) is 5.88 Å². The van der Waals surface area contributed by atoms with Crippen molar-refractivity contribution in [2.24, 2.45) is 0 Å². The average Bonchev–Trinajstić information content (AvgIpc) is 2.62. The van der Waals surface area contributed by atoms with E-state index in [-0.39, 0.29) is 17.6 Å². The van der Waals surface area contributed by atoms with Gasteiger partial charge in [0.05, 0.1) is 26.1 Å². The van der Waals surface area contributed by atoms with E-state index in [0.717, 1.165) is 24.0 Å². The first kappa shape index (κ1) is 17.0. The highest BCUT2D eigenvalue weighted by Crippen LogP contribution is 2.35. The number of ether oxygens (including phenoxy) is 2. The van der Waals surface area contributed by atoms with Crippen LogP contribution in [0, 0.1) is 6.92 Å². The molecule has 0 radical (unpaired) electrons. The zero-order valence-corrected chi connectivity index (χ0v) is 15.1. The molecule has 1 atom stereocenters. The van der Waals surface area contributed by atoms with Crippen LogP contribution in [0.25, 0.3) is 0 Å². The summed E-state index contributed by atoms with van der Waals surface area (Å²) in [5, 5.41) is 0. The van der Waals surface area contributed by atoms with Gasteiger partial charge in [0.1, 0.15) is 11.7 Å². The molecule has 2 aliphatic heterocycles. The number of nitrogens with zero attached hydrogens (tertiary/aromatic N) is 2. The van der Waals surface area contributed by atoms with E-state index in [4.69, 9.17) is 9.47 Å². The van der Waals surface area contributed by atoms with Crippen LogP contribution in [0.1, 0.15) is 24.0 Å². The number of aromatic nitrogens is 1. The minimum absolute atomic E-state index is 0.0901. The molecule has 136 valence electrons. The predicted octanol–water partition coefficient (Wildman–Crippen LogP) is 2.77. The third kappa shape index (κ3) is 3.58. The van der Waals surface area contributed by atoms with Crippen molar-refractivity contribution in [2.75, 3.05) is 19.7 Å². The Morgan fingerprint density at radius 1 is 1.27 bits per heavy atom. The van der Waals surface area contributed by atoms with Crippen molar-refractivity contribution in [2.45, 2.75) is 37.9 Å². The molecular weight excluding hydrogens is 328 g/mol. The maximum absolute atomic E-state index is 12.6. The van der Waals surface area contributed by atoms with Gasteiger partial charge < -0.3 is 14.4 Å². The molecule has 4 rings (SSSR count). The standard InChI is InChI=1S/C21H24N2O3/c1-16-6-2-3-7-17(16)12-20(24)23-14-21(15-23)13-18(9-11-25-21)26-19-8-4-5-10-22-19/h2-8,10,18H,9,11-15H2,1H3. The molecule has 1 aromatic heterocycles. The number of amides is 1. The van der Waals surface area contributed by atoms with Crippen LogP contribution in [-0.2, 0) is 16.0 Å². The third-order valence-corrected chi connectivity index (χ3v) is 5.29. The van der Waals surface area contributed by atoms with Gasteiger partial charge in [0.25, 0.3) is 0 Å². The van der Waals surface area contributed by atoms with Crippen LogP contribution in [0.15, 0.2) is 48.7 Å². The lowest BCUT2D eigenvalue weighted by atomic mass is 9.84. The van der Waals surface area contributed by atoms with Gasteiger partial charge in [-0.3, -0.25) is 4.79 Å². The molecule has 3 heterocycles. The molecule has 1 aromatic carbocycles. The van der Waals surface area contributed by atoms with Gasteiger partial charge in [0, 0.05) is 25.1 Å². The van der Waals surface area contributed by atoms with Crippen LogP contribution in [0.2, 0.25) is 0 Å². The van der Waals surface area contributed by atoms with E-state index < -0.39 is 0 Å². The molecule has 0 aliphatic carbocycles. The number of carbonyl (C=O) groups is 1. The molecule has 0 N–H and O–H groups in total. The zero-order chi connectivity index (χ0) is 18.0. The van der Waals surface area contributed by atoms with Gasteiger partial charge in [0.15, 0.2) is 0 Å². The Bertz CT molecular complexity index is 772. The molecule has 5 heteroatoms. The van der Waals surface area contributed by atoms with Crippen molar-refractivity contribution in [1.82, 2.24) is 9.88 Å². The van der Waals surface area contributed by atoms with E-state index in [9.17, 15) is 4.79 Å². The number of pyridine rings is 1. The van der Waals surface area contributed by atoms with Crippen molar-refractivity contribution in [1.29, 1.82) is 0 Å². The first-order valence-electron chi connectivity index (χ1n) is 9.17. The van der Waals surface area contributed by atoms with Gasteiger partial charge in [-0.15, -0.1) is 0 Å². The molecule has 2 aromatic rings. The van der Waals surface area contributed by atoms with Gasteiger partial charge in [-0.05, 0) is 24.1 Å². The molecule has 5 nitrogen and oxygen atoms in total. The molecular formula is C21H24N2O3. The summed E-state index contributed by atoms with van der Waals surface area (Å²) in [4.78, 5) is 18.7. The topological polar surface area (TPSA) is 51.7 Å². The Kier molecular flexibility index (Phi) is 4.64. The Hall–Kier alpha value is -2.40. The Balaban J connectivity index is 1.32. The van der Waals surface area contributed by atoms with E-state index in [0.29, 0.717) is 32.0 Å². The summed E-state index contributed by atoms with van der Waals surface area (Å²) in [6, 6.07) is 13.7. The van der Waals surface area contributed by atoms with Gasteiger partial charge in [0.2, 0.25) is 11.8 Å². The SMILES string of the molecule is Cc1ccccc1CC(=O)N1CC2(CC(Oc3ccccn3)CCO2)C1. The molecule has 0 bridgehead atoms. The van der Waals surface area contributed by atoms with Gasteiger partial charge in [-0.2, -0.15) is 0 Å². The van der Waals surface area contributed by atoms with Crippen LogP contribution in [0.3, 0.4) is 0 Å². The van der Waals surface area contributed by atoms with Crippen LogP contribution in [0.4, 0.5) is 0 Å². The van der Waals surface area contributed by atoms with Gasteiger partial charge in [-0.25, -0.2) is 4.98 Å². The fraction of sp³-hybridized carbons (Fsp3) is 0.429. The Labute approximate surface area is 153 Å². The highest BCUT2D eigenvalue weighted by Gasteiger charge is 2.49. The fourth-order valence-electron chi connectivity index (χ4n) is 3.80. The lowest BCUT2D eigenvalue weighted by Gasteiger charge is -2.52. The number of rotatable bonds is 4. The van der Waals surface area contributed by atoms with Crippen LogP contribution in [-0.4, -0.2) is 47.2 Å². The predicted molar refractivity (Wildman–Crippen MR) is 98.0 cm³/mol. The highest BCUT2D eigenvalue weighted by atomic mass is 16.5. The van der Waals surface area contributed by atoms with Crippen LogP contribution in [0.5, 0.6) is 5.88 Å². The van der Waals surface area contributed by atoms with Crippen molar-refractivity contribution in [3.05, 3.63) is 59.8 Å². The summed E-state index contributed by atoms with van der Waals surface area (Å²) >= 11 is 0. The number of hydrogen-bond donors (Lipinski definition) is 0. The van der Waals surface area contributed by atoms with Crippen LogP contribution < -0.4 is 4.74 Å². The highest BCUT2D eigenvalue weighted by molar-refractivity contribution is 5.80.